The number of pyridine rings is 1. The van der Waals surface area contributed by atoms with E-state index < -0.39 is 23.8 Å². The van der Waals surface area contributed by atoms with Crippen molar-refractivity contribution in [1.29, 1.82) is 0 Å². The highest BCUT2D eigenvalue weighted by Gasteiger charge is 2.52. The normalized spacial score (nSPS) is 12.5. The highest BCUT2D eigenvalue weighted by atomic mass is 19.4. The van der Waals surface area contributed by atoms with E-state index >= 15 is 0 Å². The highest BCUT2D eigenvalue weighted by Crippen LogP contribution is 2.35. The quantitative estimate of drug-likeness (QED) is 0.126. The summed E-state index contributed by atoms with van der Waals surface area (Å²) in [6, 6.07) is 18.0. The zero-order chi connectivity index (χ0) is 33.5. The zero-order valence-electron chi connectivity index (χ0n) is 25.3. The van der Waals surface area contributed by atoms with Crippen molar-refractivity contribution in [3.8, 4) is 5.75 Å². The lowest BCUT2D eigenvalue weighted by molar-refractivity contribution is -0.213. The molecule has 1 atom stereocenters. The predicted octanol–water partition coefficient (Wildman–Crippen LogP) is 5.39. The van der Waals surface area contributed by atoms with Gasteiger partial charge >= 0.3 is 18.2 Å². The van der Waals surface area contributed by atoms with E-state index in [-0.39, 0.29) is 42.0 Å². The molecule has 11 nitrogen and oxygen atoms in total. The number of urea groups is 1. The first-order chi connectivity index (χ1) is 21.9. The minimum atomic E-state index is -5.44. The summed E-state index contributed by atoms with van der Waals surface area (Å²) in [4.78, 5) is 44.4. The van der Waals surface area contributed by atoms with E-state index in [9.17, 15) is 27.6 Å². The maximum absolute atomic E-state index is 14.1. The van der Waals surface area contributed by atoms with Crippen molar-refractivity contribution in [1.82, 2.24) is 15.2 Å². The maximum Gasteiger partial charge on any atom is 0.491 e. The van der Waals surface area contributed by atoms with E-state index in [2.05, 4.69) is 20.9 Å². The number of nitrogens with two attached hydrogens (primary N) is 1. The molecule has 1 aromatic heterocycles. The van der Waals surface area contributed by atoms with Crippen LogP contribution in [-0.4, -0.2) is 54.2 Å². The number of esters is 1. The number of nitrogen functional groups attached to an aromatic ring is 1. The van der Waals surface area contributed by atoms with Crippen LogP contribution in [0.1, 0.15) is 25.0 Å². The van der Waals surface area contributed by atoms with Crippen LogP contribution in [0.2, 0.25) is 0 Å². The van der Waals surface area contributed by atoms with Crippen LogP contribution in [0.3, 0.4) is 0 Å². The van der Waals surface area contributed by atoms with Crippen LogP contribution in [0.5, 0.6) is 5.75 Å². The Kier molecular flexibility index (Phi) is 10.2. The number of carbonyl (C=O) groups is 3. The first-order valence-corrected chi connectivity index (χ1v) is 14.2. The molecule has 46 heavy (non-hydrogen) atoms. The number of anilines is 3. The van der Waals surface area contributed by atoms with Gasteiger partial charge in [0.1, 0.15) is 11.6 Å². The van der Waals surface area contributed by atoms with Gasteiger partial charge in [-0.1, -0.05) is 24.3 Å². The summed E-state index contributed by atoms with van der Waals surface area (Å²) in [5, 5.41) is 9.19. The average molecular weight is 639 g/mol. The number of benzene rings is 3. The standard InChI is InChI=1S/C32H33F3N6O5/c1-4-41(3)30(44)39-23-10-6-8-20(16-23)19-38-28(42)31(46-29(43)32(33,34)35,22-9-7-11-25(18-22)45-5-2)40-24-12-13-26-21(17-24)14-15-37-27(26)36/h6-18,40H,4-5,19H2,1-3H3,(H2,36,37)(H,38,42)(H,39,44). The number of fused-ring (bicyclic) bond motifs is 1. The second-order valence-corrected chi connectivity index (χ2v) is 10.1. The summed E-state index contributed by atoms with van der Waals surface area (Å²) in [7, 11) is 1.62. The van der Waals surface area contributed by atoms with Gasteiger partial charge in [0.2, 0.25) is 0 Å². The van der Waals surface area contributed by atoms with E-state index in [1.54, 1.807) is 56.4 Å². The van der Waals surface area contributed by atoms with Crippen molar-refractivity contribution in [2.45, 2.75) is 32.3 Å². The Morgan fingerprint density at radius 3 is 2.43 bits per heavy atom. The number of nitrogens with zero attached hydrogens (tertiary/aromatic N) is 2. The summed E-state index contributed by atoms with van der Waals surface area (Å²) in [6.45, 7) is 4.01. The fraction of sp³-hybridized carbons (Fsp3) is 0.250. The Balaban J connectivity index is 1.77. The second kappa shape index (κ2) is 14.1. The van der Waals surface area contributed by atoms with Gasteiger partial charge in [-0.25, -0.2) is 14.6 Å². The maximum atomic E-state index is 14.1. The third-order valence-corrected chi connectivity index (χ3v) is 6.92. The molecule has 1 unspecified atom stereocenters. The molecule has 0 aliphatic heterocycles. The van der Waals surface area contributed by atoms with Gasteiger partial charge in [0.15, 0.2) is 0 Å². The number of hydrogen-bond donors (Lipinski definition) is 4. The molecule has 3 aromatic carbocycles. The molecule has 0 aliphatic carbocycles. The van der Waals surface area contributed by atoms with Gasteiger partial charge in [0, 0.05) is 48.7 Å². The summed E-state index contributed by atoms with van der Waals surface area (Å²) < 4.78 is 51.8. The molecule has 242 valence electrons. The lowest BCUT2D eigenvalue weighted by Crippen LogP contribution is -2.54. The average Bonchev–Trinajstić information content (AvgIpc) is 3.03. The predicted molar refractivity (Wildman–Crippen MR) is 167 cm³/mol. The number of rotatable bonds is 11. The van der Waals surface area contributed by atoms with Gasteiger partial charge in [0.25, 0.3) is 11.6 Å². The number of ether oxygens (including phenoxy) is 2. The van der Waals surface area contributed by atoms with Gasteiger partial charge in [-0.2, -0.15) is 13.2 Å². The summed E-state index contributed by atoms with van der Waals surface area (Å²) in [5.41, 5.74) is 4.14. The molecule has 0 bridgehead atoms. The van der Waals surface area contributed by atoms with Gasteiger partial charge < -0.3 is 36.1 Å². The monoisotopic (exact) mass is 638 g/mol. The van der Waals surface area contributed by atoms with Crippen LogP contribution in [0.15, 0.2) is 79.0 Å². The first kappa shape index (κ1) is 33.4. The van der Waals surface area contributed by atoms with Crippen molar-refractivity contribution in [3.63, 3.8) is 0 Å². The Morgan fingerprint density at radius 2 is 1.72 bits per heavy atom. The molecule has 0 saturated carbocycles. The third-order valence-electron chi connectivity index (χ3n) is 6.92. The van der Waals surface area contributed by atoms with Gasteiger partial charge in [0.05, 0.1) is 6.61 Å². The fourth-order valence-electron chi connectivity index (χ4n) is 4.47. The highest BCUT2D eigenvalue weighted by molar-refractivity contribution is 5.96. The van der Waals surface area contributed by atoms with E-state index in [4.69, 9.17) is 15.2 Å². The van der Waals surface area contributed by atoms with Gasteiger partial charge in [-0.15, -0.1) is 0 Å². The van der Waals surface area contributed by atoms with Gasteiger partial charge in [-0.3, -0.25) is 4.79 Å². The van der Waals surface area contributed by atoms with Crippen molar-refractivity contribution >= 4 is 45.9 Å². The fourth-order valence-corrected chi connectivity index (χ4v) is 4.47. The summed E-state index contributed by atoms with van der Waals surface area (Å²) in [6.07, 6.45) is -3.99. The van der Waals surface area contributed by atoms with Crippen LogP contribution >= 0.6 is 0 Å². The largest absolute Gasteiger partial charge is 0.494 e. The summed E-state index contributed by atoms with van der Waals surface area (Å²) >= 11 is 0. The third kappa shape index (κ3) is 7.75. The molecule has 4 rings (SSSR count). The topological polar surface area (TPSA) is 148 Å². The van der Waals surface area contributed by atoms with Crippen LogP contribution < -0.4 is 26.4 Å². The molecular weight excluding hydrogens is 605 g/mol. The Bertz CT molecular complexity index is 1730. The summed E-state index contributed by atoms with van der Waals surface area (Å²) in [5.74, 6) is -3.27. The number of nitrogens with one attached hydrogen (secondary N) is 3. The Hall–Kier alpha value is -5.53. The number of aromatic nitrogens is 1. The van der Waals surface area contributed by atoms with Crippen molar-refractivity contribution in [2.75, 3.05) is 36.6 Å². The number of alkyl halides is 3. The molecule has 14 heteroatoms. The molecule has 0 fully saturated rings. The molecule has 0 aliphatic rings. The molecule has 0 spiro atoms. The van der Waals surface area contributed by atoms with Crippen LogP contribution in [-0.2, 0) is 26.6 Å². The van der Waals surface area contributed by atoms with Crippen LogP contribution in [0.25, 0.3) is 10.8 Å². The number of carbonyl (C=O) groups excluding carboxylic acids is 3. The lowest BCUT2D eigenvalue weighted by Gasteiger charge is -2.34. The van der Waals surface area contributed by atoms with Crippen molar-refractivity contribution < 1.29 is 37.0 Å². The minimum absolute atomic E-state index is 0.134. The molecule has 3 amide bonds. The smallest absolute Gasteiger partial charge is 0.491 e. The second-order valence-electron chi connectivity index (χ2n) is 10.1. The Labute approximate surface area is 262 Å². The van der Waals surface area contributed by atoms with E-state index in [1.165, 1.54) is 41.4 Å². The number of hydrogen-bond acceptors (Lipinski definition) is 8. The zero-order valence-corrected chi connectivity index (χ0v) is 25.3. The molecular formula is C32H33F3N6O5. The number of halogens is 3. The van der Waals surface area contributed by atoms with Gasteiger partial charge in [-0.05, 0) is 73.3 Å². The molecule has 4 aromatic rings. The van der Waals surface area contributed by atoms with E-state index in [1.807, 2.05) is 6.92 Å². The Morgan fingerprint density at radius 1 is 0.957 bits per heavy atom. The molecule has 0 radical (unpaired) electrons. The van der Waals surface area contributed by atoms with E-state index in [0.29, 0.717) is 28.6 Å². The minimum Gasteiger partial charge on any atom is -0.494 e. The van der Waals surface area contributed by atoms with E-state index in [0.717, 1.165) is 0 Å². The SMILES string of the molecule is CCOc1cccc(C(Nc2ccc3c(N)nccc3c2)(OC(=O)C(F)(F)F)C(=O)NCc2cccc(NC(=O)N(C)CC)c2)c1. The van der Waals surface area contributed by atoms with Crippen LogP contribution in [0, 0.1) is 0 Å². The lowest BCUT2D eigenvalue weighted by atomic mass is 9.99. The molecule has 0 saturated heterocycles. The van der Waals surface area contributed by atoms with Crippen molar-refractivity contribution in [3.05, 3.63) is 90.1 Å². The molecule has 5 N–H and O–H groups in total. The first-order valence-electron chi connectivity index (χ1n) is 14.2. The number of amides is 3. The molecule has 1 heterocycles. The van der Waals surface area contributed by atoms with Crippen LogP contribution in [0.4, 0.5) is 35.2 Å². The van der Waals surface area contributed by atoms with Crippen molar-refractivity contribution in [2.24, 2.45) is 0 Å².